The molecule has 2 saturated heterocycles. The maximum Gasteiger partial charge on any atom is 0.222 e. The summed E-state index contributed by atoms with van der Waals surface area (Å²) in [5, 5.41) is 6.84. The molecule has 0 aromatic heterocycles. The van der Waals surface area contributed by atoms with Gasteiger partial charge in [-0.15, -0.1) is 24.0 Å². The predicted octanol–water partition coefficient (Wildman–Crippen LogP) is 3.07. The zero-order valence-electron chi connectivity index (χ0n) is 18.0. The Labute approximate surface area is 189 Å². The van der Waals surface area contributed by atoms with Gasteiger partial charge in [0.25, 0.3) is 0 Å². The molecule has 0 aromatic carbocycles. The Balaban J connectivity index is 0.00000392. The fourth-order valence-electron chi connectivity index (χ4n) is 4.06. The number of aliphatic imine (C=N–C) groups is 1. The minimum Gasteiger partial charge on any atom is -0.357 e. The molecule has 6 nitrogen and oxygen atoms in total. The van der Waals surface area contributed by atoms with E-state index in [9.17, 15) is 4.79 Å². The normalized spacial score (nSPS) is 19.9. The second kappa shape index (κ2) is 15.3. The van der Waals surface area contributed by atoms with Gasteiger partial charge in [-0.2, -0.15) is 0 Å². The number of hydrogen-bond donors (Lipinski definition) is 2. The van der Waals surface area contributed by atoms with Crippen molar-refractivity contribution in [2.24, 2.45) is 10.9 Å². The molecule has 2 fully saturated rings. The maximum absolute atomic E-state index is 12.0. The summed E-state index contributed by atoms with van der Waals surface area (Å²) in [6.07, 6.45) is 8.94. The van der Waals surface area contributed by atoms with Crippen LogP contribution in [0.2, 0.25) is 0 Å². The Morgan fingerprint density at radius 1 is 1.11 bits per heavy atom. The standard InChI is InChI=1S/C21H41N5O.HI/c1-3-22-21(24-14-10-19-11-17-25(4-2)18-12-19)23-13-8-16-26-15-7-5-6-9-20(26)27;/h19H,3-18H2,1-2H3,(H2,22,23,24);1H. The fourth-order valence-corrected chi connectivity index (χ4v) is 4.06. The van der Waals surface area contributed by atoms with Gasteiger partial charge in [0, 0.05) is 39.1 Å². The molecule has 2 aliphatic rings. The molecule has 0 aliphatic carbocycles. The Kier molecular flexibility index (Phi) is 13.9. The van der Waals surface area contributed by atoms with E-state index in [4.69, 9.17) is 4.99 Å². The van der Waals surface area contributed by atoms with E-state index < -0.39 is 0 Å². The number of likely N-dealkylation sites (tertiary alicyclic amines) is 2. The van der Waals surface area contributed by atoms with Crippen LogP contribution < -0.4 is 10.6 Å². The second-order valence-electron chi connectivity index (χ2n) is 7.90. The van der Waals surface area contributed by atoms with Crippen molar-refractivity contribution in [2.75, 3.05) is 52.4 Å². The van der Waals surface area contributed by atoms with E-state index in [1.165, 1.54) is 45.3 Å². The Hall–Kier alpha value is -0.570. The minimum absolute atomic E-state index is 0. The molecular formula is C21H42IN5O. The molecule has 0 radical (unpaired) electrons. The Bertz CT molecular complexity index is 452. The Morgan fingerprint density at radius 2 is 1.89 bits per heavy atom. The summed E-state index contributed by atoms with van der Waals surface area (Å²) in [6, 6.07) is 0. The zero-order valence-corrected chi connectivity index (χ0v) is 20.4. The van der Waals surface area contributed by atoms with Crippen molar-refractivity contribution in [3.8, 4) is 0 Å². The first-order valence-electron chi connectivity index (χ1n) is 11.2. The van der Waals surface area contributed by atoms with Gasteiger partial charge >= 0.3 is 0 Å². The van der Waals surface area contributed by atoms with E-state index in [-0.39, 0.29) is 24.0 Å². The van der Waals surface area contributed by atoms with Crippen molar-refractivity contribution in [1.29, 1.82) is 0 Å². The van der Waals surface area contributed by atoms with Gasteiger partial charge in [-0.05, 0) is 71.0 Å². The number of carbonyl (C=O) groups is 1. The number of hydrogen-bond acceptors (Lipinski definition) is 3. The van der Waals surface area contributed by atoms with Gasteiger partial charge in [0.2, 0.25) is 5.91 Å². The van der Waals surface area contributed by atoms with Crippen LogP contribution in [0.25, 0.3) is 0 Å². The average Bonchev–Trinajstić information content (AvgIpc) is 2.90. The van der Waals surface area contributed by atoms with Crippen molar-refractivity contribution in [1.82, 2.24) is 20.4 Å². The SMILES string of the molecule is CCNC(=NCCCN1CCCCCC1=O)NCCC1CCN(CC)CC1.I. The fraction of sp³-hybridized carbons (Fsp3) is 0.905. The van der Waals surface area contributed by atoms with Crippen LogP contribution in [-0.4, -0.2) is 74.0 Å². The number of rotatable bonds is 9. The van der Waals surface area contributed by atoms with Crippen molar-refractivity contribution >= 4 is 35.8 Å². The van der Waals surface area contributed by atoms with Crippen LogP contribution in [-0.2, 0) is 4.79 Å². The van der Waals surface area contributed by atoms with Crippen LogP contribution in [0.5, 0.6) is 0 Å². The number of piperidine rings is 1. The molecule has 2 aliphatic heterocycles. The van der Waals surface area contributed by atoms with Gasteiger partial charge in [0.1, 0.15) is 0 Å². The van der Waals surface area contributed by atoms with Crippen LogP contribution >= 0.6 is 24.0 Å². The van der Waals surface area contributed by atoms with Crippen molar-refractivity contribution in [2.45, 2.75) is 65.2 Å². The number of nitrogens with zero attached hydrogens (tertiary/aromatic N) is 3. The summed E-state index contributed by atoms with van der Waals surface area (Å²) in [7, 11) is 0. The number of halogens is 1. The molecule has 2 heterocycles. The van der Waals surface area contributed by atoms with Crippen LogP contribution in [0.3, 0.4) is 0 Å². The van der Waals surface area contributed by atoms with Crippen LogP contribution in [0.4, 0.5) is 0 Å². The molecule has 28 heavy (non-hydrogen) atoms. The van der Waals surface area contributed by atoms with Crippen molar-refractivity contribution in [3.05, 3.63) is 0 Å². The molecule has 164 valence electrons. The van der Waals surface area contributed by atoms with Crippen LogP contribution in [0.1, 0.15) is 65.2 Å². The monoisotopic (exact) mass is 507 g/mol. The smallest absolute Gasteiger partial charge is 0.222 e. The van der Waals surface area contributed by atoms with E-state index in [1.807, 2.05) is 4.90 Å². The van der Waals surface area contributed by atoms with Gasteiger partial charge < -0.3 is 20.4 Å². The first kappa shape index (κ1) is 25.5. The van der Waals surface area contributed by atoms with E-state index in [0.29, 0.717) is 5.91 Å². The number of nitrogens with one attached hydrogen (secondary N) is 2. The first-order chi connectivity index (χ1) is 13.2. The topological polar surface area (TPSA) is 60.0 Å². The zero-order chi connectivity index (χ0) is 19.3. The Morgan fingerprint density at radius 3 is 2.61 bits per heavy atom. The molecule has 0 aromatic rings. The number of amides is 1. The summed E-state index contributed by atoms with van der Waals surface area (Å²) in [5.74, 6) is 2.10. The van der Waals surface area contributed by atoms with Crippen molar-refractivity contribution in [3.63, 3.8) is 0 Å². The highest BCUT2D eigenvalue weighted by atomic mass is 127. The summed E-state index contributed by atoms with van der Waals surface area (Å²) in [4.78, 5) is 21.3. The average molecular weight is 508 g/mol. The summed E-state index contributed by atoms with van der Waals surface area (Å²) >= 11 is 0. The molecule has 2 N–H and O–H groups in total. The molecule has 2 rings (SSSR count). The predicted molar refractivity (Wildman–Crippen MR) is 129 cm³/mol. The van der Waals surface area contributed by atoms with E-state index >= 15 is 0 Å². The highest BCUT2D eigenvalue weighted by Crippen LogP contribution is 2.19. The van der Waals surface area contributed by atoms with Gasteiger partial charge in [-0.3, -0.25) is 9.79 Å². The lowest BCUT2D eigenvalue weighted by molar-refractivity contribution is -0.130. The third kappa shape index (κ3) is 9.76. The van der Waals surface area contributed by atoms with Gasteiger partial charge in [0.15, 0.2) is 5.96 Å². The maximum atomic E-state index is 12.0. The first-order valence-corrected chi connectivity index (χ1v) is 11.2. The summed E-state index contributed by atoms with van der Waals surface area (Å²) < 4.78 is 0. The molecular weight excluding hydrogens is 465 g/mol. The highest BCUT2D eigenvalue weighted by Gasteiger charge is 2.18. The van der Waals surface area contributed by atoms with E-state index in [1.54, 1.807) is 0 Å². The lowest BCUT2D eigenvalue weighted by Gasteiger charge is -2.31. The largest absolute Gasteiger partial charge is 0.357 e. The van der Waals surface area contributed by atoms with Gasteiger partial charge in [-0.25, -0.2) is 0 Å². The molecule has 0 unspecified atom stereocenters. The molecule has 7 heteroatoms. The lowest BCUT2D eigenvalue weighted by Crippen LogP contribution is -2.39. The van der Waals surface area contributed by atoms with E-state index in [2.05, 4.69) is 29.4 Å². The summed E-state index contributed by atoms with van der Waals surface area (Å²) in [5.41, 5.74) is 0. The quantitative estimate of drug-likeness (QED) is 0.218. The highest BCUT2D eigenvalue weighted by molar-refractivity contribution is 14.0. The third-order valence-corrected chi connectivity index (χ3v) is 5.87. The third-order valence-electron chi connectivity index (χ3n) is 5.87. The van der Waals surface area contributed by atoms with Crippen LogP contribution in [0.15, 0.2) is 4.99 Å². The molecule has 1 amide bonds. The molecule has 0 spiro atoms. The number of carbonyl (C=O) groups excluding carboxylic acids is 1. The lowest BCUT2D eigenvalue weighted by atomic mass is 9.93. The minimum atomic E-state index is 0. The molecule has 0 bridgehead atoms. The molecule has 0 saturated carbocycles. The molecule has 0 atom stereocenters. The van der Waals surface area contributed by atoms with E-state index in [0.717, 1.165) is 70.3 Å². The number of guanidine groups is 1. The summed E-state index contributed by atoms with van der Waals surface area (Å²) in [6.45, 7) is 12.5. The van der Waals surface area contributed by atoms with Crippen molar-refractivity contribution < 1.29 is 4.79 Å². The van der Waals surface area contributed by atoms with Gasteiger partial charge in [0.05, 0.1) is 0 Å². The van der Waals surface area contributed by atoms with Gasteiger partial charge in [-0.1, -0.05) is 13.3 Å². The second-order valence-corrected chi connectivity index (χ2v) is 7.90. The van der Waals surface area contributed by atoms with Crippen LogP contribution in [0, 0.1) is 5.92 Å².